The topological polar surface area (TPSA) is 97.1 Å². The van der Waals surface area contributed by atoms with Gasteiger partial charge in [-0.2, -0.15) is 0 Å². The lowest BCUT2D eigenvalue weighted by atomic mass is 10.1. The number of ether oxygens (including phenoxy) is 2. The number of fused-ring (bicyclic) bond motifs is 5. The van der Waals surface area contributed by atoms with Gasteiger partial charge in [-0.05, 0) is 24.3 Å². The summed E-state index contributed by atoms with van der Waals surface area (Å²) in [5.74, 6) is 0.510. The number of anilines is 3. The Balaban J connectivity index is 1.28. The second-order valence-electron chi connectivity index (χ2n) is 9.28. The van der Waals surface area contributed by atoms with E-state index in [2.05, 4.69) is 25.2 Å². The van der Waals surface area contributed by atoms with Crippen molar-refractivity contribution in [1.29, 1.82) is 0 Å². The summed E-state index contributed by atoms with van der Waals surface area (Å²) in [6.45, 7) is 4.05. The van der Waals surface area contributed by atoms with Crippen LogP contribution in [-0.2, 0) is 9.53 Å². The molecule has 4 aromatic rings. The van der Waals surface area contributed by atoms with Gasteiger partial charge >= 0.3 is 0 Å². The van der Waals surface area contributed by atoms with Crippen molar-refractivity contribution in [1.82, 2.24) is 24.3 Å². The number of benzene rings is 1. The number of halogens is 2. The van der Waals surface area contributed by atoms with E-state index >= 15 is 0 Å². The number of aromatic nitrogens is 4. The van der Waals surface area contributed by atoms with Crippen LogP contribution in [0.5, 0.6) is 5.75 Å². The predicted octanol–water partition coefficient (Wildman–Crippen LogP) is 3.77. The van der Waals surface area contributed by atoms with Crippen LogP contribution in [0.3, 0.4) is 0 Å². The van der Waals surface area contributed by atoms with Crippen LogP contribution in [-0.4, -0.2) is 75.7 Å². The highest BCUT2D eigenvalue weighted by molar-refractivity contribution is 6.32. The van der Waals surface area contributed by atoms with Gasteiger partial charge in [-0.15, -0.1) is 0 Å². The molecule has 3 aromatic heterocycles. The largest absolute Gasteiger partial charge is 0.494 e. The van der Waals surface area contributed by atoms with Gasteiger partial charge in [-0.3, -0.25) is 9.20 Å². The maximum atomic E-state index is 14.2. The highest BCUT2D eigenvalue weighted by atomic mass is 35.5. The van der Waals surface area contributed by atoms with Crippen molar-refractivity contribution in [3.8, 4) is 17.1 Å². The third kappa shape index (κ3) is 4.37. The van der Waals surface area contributed by atoms with E-state index in [1.54, 1.807) is 30.7 Å². The summed E-state index contributed by atoms with van der Waals surface area (Å²) in [4.78, 5) is 29.2. The van der Waals surface area contributed by atoms with Gasteiger partial charge in [-0.25, -0.2) is 19.3 Å². The Hall–Kier alpha value is -3.96. The summed E-state index contributed by atoms with van der Waals surface area (Å²) in [7, 11) is 1.60. The maximum Gasteiger partial charge on any atom is 0.227 e. The predicted molar refractivity (Wildman–Crippen MR) is 141 cm³/mol. The molecule has 1 aromatic carbocycles. The average molecular weight is 538 g/mol. The van der Waals surface area contributed by atoms with Gasteiger partial charge in [0.05, 0.1) is 54.7 Å². The van der Waals surface area contributed by atoms with Crippen LogP contribution in [0.2, 0.25) is 5.02 Å². The van der Waals surface area contributed by atoms with E-state index in [0.717, 1.165) is 5.69 Å². The minimum absolute atomic E-state index is 0.0459. The van der Waals surface area contributed by atoms with Crippen LogP contribution >= 0.6 is 11.6 Å². The molecular formula is C26H25ClFN7O3. The Kier molecular flexibility index (Phi) is 6.24. The number of methoxy groups -OCH3 is 1. The van der Waals surface area contributed by atoms with Gasteiger partial charge in [-0.1, -0.05) is 11.6 Å². The van der Waals surface area contributed by atoms with Crippen LogP contribution in [0.15, 0.2) is 48.9 Å². The number of carbonyl (C=O) groups is 1. The lowest BCUT2D eigenvalue weighted by molar-refractivity contribution is -0.129. The number of amides is 1. The third-order valence-corrected chi connectivity index (χ3v) is 7.18. The highest BCUT2D eigenvalue weighted by Gasteiger charge is 2.36. The monoisotopic (exact) mass is 537 g/mol. The number of rotatable bonds is 5. The van der Waals surface area contributed by atoms with Gasteiger partial charge in [0.25, 0.3) is 0 Å². The fourth-order valence-corrected chi connectivity index (χ4v) is 5.20. The Morgan fingerprint density at radius 3 is 2.89 bits per heavy atom. The molecule has 3 saturated heterocycles. The van der Waals surface area contributed by atoms with E-state index in [1.165, 1.54) is 18.5 Å². The Morgan fingerprint density at radius 2 is 2.08 bits per heavy atom. The molecule has 12 heteroatoms. The first-order chi connectivity index (χ1) is 18.4. The first kappa shape index (κ1) is 24.4. The molecule has 38 heavy (non-hydrogen) atoms. The van der Waals surface area contributed by atoms with Crippen molar-refractivity contribution < 1.29 is 18.7 Å². The molecule has 3 aliphatic heterocycles. The van der Waals surface area contributed by atoms with E-state index in [-0.39, 0.29) is 23.7 Å². The molecule has 1 N–H and O–H groups in total. The Bertz CT molecular complexity index is 1530. The molecule has 3 fully saturated rings. The lowest BCUT2D eigenvalue weighted by Crippen LogP contribution is -2.49. The van der Waals surface area contributed by atoms with E-state index in [4.69, 9.17) is 21.1 Å². The van der Waals surface area contributed by atoms with Crippen LogP contribution in [0.4, 0.5) is 21.7 Å². The van der Waals surface area contributed by atoms with Crippen molar-refractivity contribution >= 4 is 40.5 Å². The zero-order valence-electron chi connectivity index (χ0n) is 20.8. The molecule has 196 valence electrons. The summed E-state index contributed by atoms with van der Waals surface area (Å²) >= 11 is 6.42. The van der Waals surface area contributed by atoms with Crippen molar-refractivity contribution in [3.05, 3.63) is 59.8 Å². The van der Waals surface area contributed by atoms with Crippen molar-refractivity contribution in [2.24, 2.45) is 0 Å². The molecule has 2 bridgehead atoms. The van der Waals surface area contributed by atoms with Crippen molar-refractivity contribution in [2.45, 2.75) is 19.1 Å². The maximum absolute atomic E-state index is 14.2. The first-order valence-corrected chi connectivity index (χ1v) is 12.5. The molecule has 2 atom stereocenters. The molecule has 3 aliphatic rings. The highest BCUT2D eigenvalue weighted by Crippen LogP contribution is 2.35. The molecule has 7 rings (SSSR count). The number of hydrogen-bond acceptors (Lipinski definition) is 8. The quantitative estimate of drug-likeness (QED) is 0.411. The number of pyridine rings is 1. The smallest absolute Gasteiger partial charge is 0.227 e. The number of hydrogen-bond donors (Lipinski definition) is 1. The zero-order chi connectivity index (χ0) is 26.4. The van der Waals surface area contributed by atoms with Crippen molar-refractivity contribution in [2.75, 3.05) is 43.6 Å². The van der Waals surface area contributed by atoms with Gasteiger partial charge < -0.3 is 24.6 Å². The molecule has 0 aliphatic carbocycles. The van der Waals surface area contributed by atoms with E-state index < -0.39 is 5.82 Å². The number of nitrogens with one attached hydrogen (secondary N) is 1. The minimum atomic E-state index is -0.440. The normalized spacial score (nSPS) is 19.1. The number of carbonyl (C=O) groups excluding carboxylic acids is 1. The Labute approximate surface area is 223 Å². The van der Waals surface area contributed by atoms with Crippen molar-refractivity contribution in [3.63, 3.8) is 0 Å². The van der Waals surface area contributed by atoms with E-state index in [1.807, 2.05) is 23.1 Å². The second-order valence-corrected chi connectivity index (χ2v) is 9.69. The van der Waals surface area contributed by atoms with Gasteiger partial charge in [0.1, 0.15) is 11.4 Å². The van der Waals surface area contributed by atoms with Crippen LogP contribution in [0.25, 0.3) is 17.0 Å². The average Bonchev–Trinajstić information content (AvgIpc) is 3.12. The summed E-state index contributed by atoms with van der Waals surface area (Å²) in [6, 6.07) is 8.84. The SMILES string of the molecule is COc1cc(N2CC3CN(C(C)=O)C[C@@H]2CO3)ccc1Nc1ncc(Cl)c(-c2cnc3c(F)cccn23)n1. The molecule has 1 unspecified atom stereocenters. The first-order valence-electron chi connectivity index (χ1n) is 12.1. The zero-order valence-corrected chi connectivity index (χ0v) is 21.5. The fourth-order valence-electron chi connectivity index (χ4n) is 5.01. The molecule has 10 nitrogen and oxygen atoms in total. The Morgan fingerprint density at radius 1 is 1.21 bits per heavy atom. The molecule has 1 amide bonds. The standard InChI is InChI=1S/C26H25ClFN7O3/c1-15(36)33-11-17-14-38-18(12-33)13-35(17)16-5-6-21(23(8-16)37-2)31-26-30-9-19(27)24(32-26)22-10-29-25-20(28)4-3-7-34(22)25/h3-10,17-18H,11-14H2,1-2H3,(H,30,31,32)/t17-,18?/m1/s1. The fraction of sp³-hybridized carbons (Fsp3) is 0.308. The van der Waals surface area contributed by atoms with Crippen LogP contribution in [0, 0.1) is 5.82 Å². The van der Waals surface area contributed by atoms with Crippen LogP contribution < -0.4 is 15.0 Å². The van der Waals surface area contributed by atoms with E-state index in [0.29, 0.717) is 60.0 Å². The van der Waals surface area contributed by atoms with Gasteiger partial charge in [0.2, 0.25) is 11.9 Å². The summed E-state index contributed by atoms with van der Waals surface area (Å²) in [5.41, 5.74) is 2.77. The molecular weight excluding hydrogens is 513 g/mol. The molecule has 0 radical (unpaired) electrons. The molecule has 0 spiro atoms. The van der Waals surface area contributed by atoms with E-state index in [9.17, 15) is 9.18 Å². The minimum Gasteiger partial charge on any atom is -0.494 e. The lowest BCUT2D eigenvalue weighted by Gasteiger charge is -2.38. The number of morpholine rings is 1. The number of imidazole rings is 1. The summed E-state index contributed by atoms with van der Waals surface area (Å²) in [6.07, 6.45) is 4.66. The third-order valence-electron chi connectivity index (χ3n) is 6.90. The van der Waals surface area contributed by atoms with Gasteiger partial charge in [0.15, 0.2) is 11.5 Å². The molecule has 6 heterocycles. The summed E-state index contributed by atoms with van der Waals surface area (Å²) in [5, 5.41) is 3.51. The van der Waals surface area contributed by atoms with Gasteiger partial charge in [0, 0.05) is 44.5 Å². The van der Waals surface area contributed by atoms with Crippen LogP contribution in [0.1, 0.15) is 6.92 Å². The second kappa shape index (κ2) is 9.73. The molecule has 0 saturated carbocycles. The number of nitrogens with zero attached hydrogens (tertiary/aromatic N) is 6. The summed E-state index contributed by atoms with van der Waals surface area (Å²) < 4.78 is 27.4.